The summed E-state index contributed by atoms with van der Waals surface area (Å²) in [4.78, 5) is 1.39. The van der Waals surface area contributed by atoms with Crippen molar-refractivity contribution < 1.29 is 0 Å². The molecule has 1 aliphatic carbocycles. The highest BCUT2D eigenvalue weighted by Crippen LogP contribution is 2.40. The van der Waals surface area contributed by atoms with Gasteiger partial charge in [-0.3, -0.25) is 0 Å². The Morgan fingerprint density at radius 1 is 1.53 bits per heavy atom. The summed E-state index contributed by atoms with van der Waals surface area (Å²) in [5.74, 6) is 0.657. The van der Waals surface area contributed by atoms with Gasteiger partial charge in [-0.2, -0.15) is 0 Å². The van der Waals surface area contributed by atoms with E-state index in [1.165, 1.54) is 30.6 Å². The quantitative estimate of drug-likeness (QED) is 0.842. The van der Waals surface area contributed by atoms with Crippen LogP contribution < -0.4 is 5.32 Å². The molecule has 84 valence electrons. The average molecular weight is 244 g/mol. The van der Waals surface area contributed by atoms with Crippen LogP contribution in [0.15, 0.2) is 11.4 Å². The Kier molecular flexibility index (Phi) is 4.06. The molecule has 1 fully saturated rings. The van der Waals surface area contributed by atoms with Crippen LogP contribution in [0.3, 0.4) is 0 Å². The van der Waals surface area contributed by atoms with Gasteiger partial charge in [-0.05, 0) is 37.3 Å². The van der Waals surface area contributed by atoms with E-state index in [2.05, 4.69) is 17.6 Å². The molecule has 0 aliphatic heterocycles. The summed E-state index contributed by atoms with van der Waals surface area (Å²) in [6.45, 7) is 3.35. The highest BCUT2D eigenvalue weighted by atomic mass is 35.5. The van der Waals surface area contributed by atoms with Crippen molar-refractivity contribution in [3.05, 3.63) is 21.3 Å². The molecule has 0 saturated heterocycles. The Balaban J connectivity index is 2.04. The first-order valence-electron chi connectivity index (χ1n) is 5.79. The zero-order valence-electron chi connectivity index (χ0n) is 9.13. The Labute approximate surface area is 101 Å². The minimum Gasteiger partial charge on any atom is -0.313 e. The summed E-state index contributed by atoms with van der Waals surface area (Å²) in [6.07, 6.45) is 5.14. The fraction of sp³-hybridized carbons (Fsp3) is 0.667. The molecule has 1 aromatic rings. The van der Waals surface area contributed by atoms with E-state index in [0.29, 0.717) is 12.0 Å². The smallest absolute Gasteiger partial charge is 0.0548 e. The molecule has 0 bridgehead atoms. The van der Waals surface area contributed by atoms with Crippen LogP contribution in [0.1, 0.15) is 43.4 Å². The molecule has 0 radical (unpaired) electrons. The lowest BCUT2D eigenvalue weighted by Gasteiger charge is -2.20. The Bertz CT molecular complexity index is 310. The predicted octanol–water partition coefficient (Wildman–Crippen LogP) is 4.04. The number of hydrogen-bond acceptors (Lipinski definition) is 2. The third kappa shape index (κ3) is 2.55. The fourth-order valence-electron chi connectivity index (χ4n) is 2.42. The molecule has 1 saturated carbocycles. The maximum Gasteiger partial charge on any atom is 0.0548 e. The number of rotatable bonds is 4. The third-order valence-electron chi connectivity index (χ3n) is 3.15. The number of nitrogens with one attached hydrogen (secondary N) is 1. The second-order valence-corrected chi connectivity index (χ2v) is 5.59. The summed E-state index contributed by atoms with van der Waals surface area (Å²) in [7, 11) is 0. The van der Waals surface area contributed by atoms with Gasteiger partial charge in [0.1, 0.15) is 0 Å². The van der Waals surface area contributed by atoms with Crippen LogP contribution in [-0.2, 0) is 0 Å². The van der Waals surface area contributed by atoms with Crippen LogP contribution in [0.4, 0.5) is 0 Å². The van der Waals surface area contributed by atoms with E-state index in [0.717, 1.165) is 11.6 Å². The Hall–Kier alpha value is -0.0500. The molecule has 1 nitrogen and oxygen atoms in total. The molecule has 2 unspecified atom stereocenters. The van der Waals surface area contributed by atoms with Crippen LogP contribution >= 0.6 is 22.9 Å². The normalized spacial score (nSPS) is 26.0. The lowest BCUT2D eigenvalue weighted by atomic mass is 10.0. The predicted molar refractivity (Wildman–Crippen MR) is 68.0 cm³/mol. The van der Waals surface area contributed by atoms with Gasteiger partial charge >= 0.3 is 0 Å². The minimum atomic E-state index is 0.654. The fourth-order valence-corrected chi connectivity index (χ4v) is 3.82. The molecule has 1 N–H and O–H groups in total. The molecule has 15 heavy (non-hydrogen) atoms. The number of thiophene rings is 1. The first-order chi connectivity index (χ1) is 7.33. The molecule has 0 amide bonds. The van der Waals surface area contributed by atoms with Crippen molar-refractivity contribution >= 4 is 22.9 Å². The van der Waals surface area contributed by atoms with E-state index >= 15 is 0 Å². The van der Waals surface area contributed by atoms with Gasteiger partial charge in [-0.1, -0.05) is 24.9 Å². The molecular weight excluding hydrogens is 226 g/mol. The average Bonchev–Trinajstić information content (AvgIpc) is 2.82. The second kappa shape index (κ2) is 5.33. The van der Waals surface area contributed by atoms with Gasteiger partial charge in [0, 0.05) is 16.8 Å². The maximum absolute atomic E-state index is 6.20. The molecule has 0 spiro atoms. The highest BCUT2D eigenvalue weighted by molar-refractivity contribution is 7.10. The second-order valence-electron chi connectivity index (χ2n) is 4.23. The topological polar surface area (TPSA) is 12.0 Å². The minimum absolute atomic E-state index is 0.654. The van der Waals surface area contributed by atoms with Crippen LogP contribution in [0.5, 0.6) is 0 Å². The van der Waals surface area contributed by atoms with E-state index < -0.39 is 0 Å². The van der Waals surface area contributed by atoms with E-state index in [-0.39, 0.29) is 0 Å². The summed E-state index contributed by atoms with van der Waals surface area (Å²) >= 11 is 8.01. The van der Waals surface area contributed by atoms with Crippen molar-refractivity contribution in [1.29, 1.82) is 0 Å². The Morgan fingerprint density at radius 3 is 3.07 bits per heavy atom. The van der Waals surface area contributed by atoms with Crippen LogP contribution in [0, 0.1) is 0 Å². The molecule has 1 heterocycles. The number of halogens is 1. The van der Waals surface area contributed by atoms with Gasteiger partial charge < -0.3 is 5.32 Å². The van der Waals surface area contributed by atoms with Gasteiger partial charge in [0.15, 0.2) is 0 Å². The van der Waals surface area contributed by atoms with Crippen molar-refractivity contribution in [2.24, 2.45) is 0 Å². The van der Waals surface area contributed by atoms with Crippen molar-refractivity contribution in [2.45, 2.75) is 44.6 Å². The molecule has 3 heteroatoms. The first-order valence-corrected chi connectivity index (χ1v) is 7.05. The van der Waals surface area contributed by atoms with Crippen LogP contribution in [0.25, 0.3) is 0 Å². The first kappa shape index (κ1) is 11.4. The molecular formula is C12H18ClNS. The van der Waals surface area contributed by atoms with E-state index in [4.69, 9.17) is 11.6 Å². The lowest BCUT2D eigenvalue weighted by Crippen LogP contribution is -2.31. The summed E-state index contributed by atoms with van der Waals surface area (Å²) in [6, 6.07) is 2.68. The SMILES string of the molecule is CCCNC1CCCC1c1sccc1Cl. The van der Waals surface area contributed by atoms with Gasteiger partial charge in [-0.15, -0.1) is 11.3 Å². The zero-order chi connectivity index (χ0) is 10.7. The van der Waals surface area contributed by atoms with E-state index in [1.54, 1.807) is 0 Å². The van der Waals surface area contributed by atoms with Gasteiger partial charge in [0.2, 0.25) is 0 Å². The van der Waals surface area contributed by atoms with E-state index in [9.17, 15) is 0 Å². The van der Waals surface area contributed by atoms with Gasteiger partial charge in [0.05, 0.1) is 5.02 Å². The largest absolute Gasteiger partial charge is 0.313 e. The molecule has 1 aromatic heterocycles. The Morgan fingerprint density at radius 2 is 2.40 bits per heavy atom. The van der Waals surface area contributed by atoms with Crippen LogP contribution in [0.2, 0.25) is 5.02 Å². The standard InChI is InChI=1S/C12H18ClNS/c1-2-7-14-11-5-3-4-9(11)12-10(13)6-8-15-12/h6,8-9,11,14H,2-5,7H2,1H3. The monoisotopic (exact) mass is 243 g/mol. The highest BCUT2D eigenvalue weighted by Gasteiger charge is 2.30. The molecule has 2 rings (SSSR count). The van der Waals surface area contributed by atoms with Gasteiger partial charge in [-0.25, -0.2) is 0 Å². The molecule has 2 atom stereocenters. The summed E-state index contributed by atoms with van der Waals surface area (Å²) in [5.41, 5.74) is 0. The van der Waals surface area contributed by atoms with Crippen molar-refractivity contribution in [1.82, 2.24) is 5.32 Å². The van der Waals surface area contributed by atoms with Crippen molar-refractivity contribution in [3.8, 4) is 0 Å². The van der Waals surface area contributed by atoms with Crippen molar-refractivity contribution in [3.63, 3.8) is 0 Å². The summed E-state index contributed by atoms with van der Waals surface area (Å²) in [5, 5.41) is 6.72. The summed E-state index contributed by atoms with van der Waals surface area (Å²) < 4.78 is 0. The molecule has 1 aliphatic rings. The third-order valence-corrected chi connectivity index (χ3v) is 4.64. The maximum atomic E-state index is 6.20. The van der Waals surface area contributed by atoms with Gasteiger partial charge in [0.25, 0.3) is 0 Å². The number of hydrogen-bond donors (Lipinski definition) is 1. The molecule has 0 aromatic carbocycles. The van der Waals surface area contributed by atoms with E-state index in [1.807, 2.05) is 17.4 Å². The van der Waals surface area contributed by atoms with Crippen LogP contribution in [-0.4, -0.2) is 12.6 Å². The zero-order valence-corrected chi connectivity index (χ0v) is 10.7. The lowest BCUT2D eigenvalue weighted by molar-refractivity contribution is 0.483. The van der Waals surface area contributed by atoms with Crippen molar-refractivity contribution in [2.75, 3.05) is 6.54 Å².